The Bertz CT molecular complexity index is 566. The lowest BCUT2D eigenvalue weighted by molar-refractivity contribution is 0.0705. The maximum Gasteiger partial charge on any atom is 0.257 e. The van der Waals surface area contributed by atoms with Crippen molar-refractivity contribution in [2.24, 2.45) is 10.8 Å². The van der Waals surface area contributed by atoms with Gasteiger partial charge in [-0.1, -0.05) is 32.9 Å². The molecule has 0 spiro atoms. The van der Waals surface area contributed by atoms with E-state index in [2.05, 4.69) is 25.7 Å². The van der Waals surface area contributed by atoms with Crippen LogP contribution in [0.2, 0.25) is 0 Å². The largest absolute Gasteiger partial charge is 0.496 e. The molecule has 1 aromatic rings. The number of rotatable bonds is 2. The van der Waals surface area contributed by atoms with Crippen LogP contribution in [0.25, 0.3) is 0 Å². The maximum absolute atomic E-state index is 13.0. The highest BCUT2D eigenvalue weighted by atomic mass is 16.5. The molecule has 0 aromatic heterocycles. The zero-order valence-electron chi connectivity index (χ0n) is 13.5. The summed E-state index contributed by atoms with van der Waals surface area (Å²) in [5.74, 6) is 0.798. The first-order chi connectivity index (χ1) is 9.84. The average molecular weight is 287 g/mol. The molecule has 1 saturated carbocycles. The van der Waals surface area contributed by atoms with Gasteiger partial charge >= 0.3 is 0 Å². The lowest BCUT2D eigenvalue weighted by atomic mass is 9.65. The second-order valence-corrected chi connectivity index (χ2v) is 7.85. The number of carbonyl (C=O) groups excluding carboxylic acids is 1. The highest BCUT2D eigenvalue weighted by Gasteiger charge is 2.51. The zero-order chi connectivity index (χ0) is 15.3. The van der Waals surface area contributed by atoms with E-state index in [1.807, 2.05) is 24.3 Å². The Kier molecular flexibility index (Phi) is 3.27. The lowest BCUT2D eigenvalue weighted by Crippen LogP contribution is -2.37. The number of para-hydroxylation sites is 1. The van der Waals surface area contributed by atoms with Gasteiger partial charge in [-0.2, -0.15) is 0 Å². The van der Waals surface area contributed by atoms with Gasteiger partial charge in [-0.05, 0) is 42.2 Å². The van der Waals surface area contributed by atoms with Gasteiger partial charge in [-0.25, -0.2) is 0 Å². The van der Waals surface area contributed by atoms with Gasteiger partial charge in [0.25, 0.3) is 5.91 Å². The minimum Gasteiger partial charge on any atom is -0.496 e. The summed E-state index contributed by atoms with van der Waals surface area (Å²) in [6.45, 7) is 7.86. The van der Waals surface area contributed by atoms with E-state index in [0.717, 1.165) is 19.4 Å². The second-order valence-electron chi connectivity index (χ2n) is 7.85. The van der Waals surface area contributed by atoms with Crippen molar-refractivity contribution < 1.29 is 9.53 Å². The zero-order valence-corrected chi connectivity index (χ0v) is 13.5. The van der Waals surface area contributed by atoms with E-state index in [4.69, 9.17) is 4.74 Å². The molecule has 2 atom stereocenters. The van der Waals surface area contributed by atoms with Gasteiger partial charge in [-0.3, -0.25) is 4.79 Å². The number of fused-ring (bicyclic) bond motifs is 2. The Labute approximate surface area is 127 Å². The number of likely N-dealkylation sites (tertiary alicyclic amines) is 1. The normalized spacial score (nSPS) is 30.3. The molecule has 3 heteroatoms. The maximum atomic E-state index is 13.0. The molecule has 0 N–H and O–H groups in total. The van der Waals surface area contributed by atoms with Gasteiger partial charge < -0.3 is 9.64 Å². The number of carbonyl (C=O) groups is 1. The van der Waals surface area contributed by atoms with Gasteiger partial charge in [0, 0.05) is 12.6 Å². The number of methoxy groups -OCH3 is 1. The van der Waals surface area contributed by atoms with Crippen molar-refractivity contribution in [1.29, 1.82) is 0 Å². The number of hydrogen-bond acceptors (Lipinski definition) is 2. The summed E-state index contributed by atoms with van der Waals surface area (Å²) in [5.41, 5.74) is 1.28. The molecule has 21 heavy (non-hydrogen) atoms. The molecule has 1 aliphatic carbocycles. The van der Waals surface area contributed by atoms with Crippen molar-refractivity contribution in [2.45, 2.75) is 46.1 Å². The average Bonchev–Trinajstić information content (AvgIpc) is 2.67. The third kappa shape index (κ3) is 2.54. The van der Waals surface area contributed by atoms with E-state index in [1.54, 1.807) is 7.11 Å². The summed E-state index contributed by atoms with van der Waals surface area (Å²) in [4.78, 5) is 15.1. The molecular formula is C18H25NO2. The first-order valence-electron chi connectivity index (χ1n) is 7.78. The van der Waals surface area contributed by atoms with E-state index in [-0.39, 0.29) is 11.3 Å². The van der Waals surface area contributed by atoms with Crippen molar-refractivity contribution >= 4 is 5.91 Å². The van der Waals surface area contributed by atoms with Gasteiger partial charge in [0.15, 0.2) is 0 Å². The van der Waals surface area contributed by atoms with E-state index >= 15 is 0 Å². The van der Waals surface area contributed by atoms with Crippen molar-refractivity contribution in [2.75, 3.05) is 13.7 Å². The van der Waals surface area contributed by atoms with Crippen LogP contribution in [-0.2, 0) is 0 Å². The molecule has 1 heterocycles. The van der Waals surface area contributed by atoms with Crippen molar-refractivity contribution in [1.82, 2.24) is 4.90 Å². The minimum absolute atomic E-state index is 0.124. The topological polar surface area (TPSA) is 29.5 Å². The Morgan fingerprint density at radius 1 is 1.24 bits per heavy atom. The fraction of sp³-hybridized carbons (Fsp3) is 0.611. The molecule has 114 valence electrons. The van der Waals surface area contributed by atoms with Crippen LogP contribution in [-0.4, -0.2) is 30.5 Å². The highest BCUT2D eigenvalue weighted by Crippen LogP contribution is 2.52. The lowest BCUT2D eigenvalue weighted by Gasteiger charge is -2.39. The van der Waals surface area contributed by atoms with E-state index < -0.39 is 0 Å². The first kappa shape index (κ1) is 14.4. The van der Waals surface area contributed by atoms with Gasteiger partial charge in [0.1, 0.15) is 5.75 Å². The number of ether oxygens (including phenoxy) is 1. The highest BCUT2D eigenvalue weighted by molar-refractivity contribution is 5.97. The minimum atomic E-state index is 0.124. The molecule has 1 amide bonds. The predicted octanol–water partition coefficient (Wildman–Crippen LogP) is 3.74. The summed E-state index contributed by atoms with van der Waals surface area (Å²) in [6.07, 6.45) is 3.44. The molecule has 0 unspecified atom stereocenters. The fourth-order valence-electron chi connectivity index (χ4n) is 4.67. The van der Waals surface area contributed by atoms with Crippen molar-refractivity contribution in [3.05, 3.63) is 29.8 Å². The third-order valence-electron chi connectivity index (χ3n) is 5.01. The summed E-state index contributed by atoms with van der Waals surface area (Å²) in [5, 5.41) is 0. The fourth-order valence-corrected chi connectivity index (χ4v) is 4.67. The van der Waals surface area contributed by atoms with Crippen LogP contribution < -0.4 is 4.74 Å². The first-order valence-corrected chi connectivity index (χ1v) is 7.78. The van der Waals surface area contributed by atoms with Crippen LogP contribution in [0.3, 0.4) is 0 Å². The quantitative estimate of drug-likeness (QED) is 0.829. The molecule has 2 fully saturated rings. The molecule has 0 radical (unpaired) electrons. The van der Waals surface area contributed by atoms with Crippen LogP contribution in [0.4, 0.5) is 0 Å². The number of amides is 1. The molecule has 2 aliphatic rings. The predicted molar refractivity (Wildman–Crippen MR) is 83.6 cm³/mol. The Hall–Kier alpha value is -1.51. The van der Waals surface area contributed by atoms with E-state index in [1.165, 1.54) is 6.42 Å². The molecule has 1 aromatic carbocycles. The molecule has 1 saturated heterocycles. The Morgan fingerprint density at radius 3 is 2.67 bits per heavy atom. The van der Waals surface area contributed by atoms with Crippen molar-refractivity contribution in [3.63, 3.8) is 0 Å². The van der Waals surface area contributed by atoms with Gasteiger partial charge in [0.05, 0.1) is 12.7 Å². The van der Waals surface area contributed by atoms with Crippen LogP contribution in [0.1, 0.15) is 50.4 Å². The molecular weight excluding hydrogens is 262 g/mol. The van der Waals surface area contributed by atoms with Crippen LogP contribution in [0, 0.1) is 10.8 Å². The summed E-state index contributed by atoms with van der Waals surface area (Å²) < 4.78 is 5.36. The van der Waals surface area contributed by atoms with Crippen LogP contribution >= 0.6 is 0 Å². The molecule has 2 bridgehead atoms. The van der Waals surface area contributed by atoms with E-state index in [9.17, 15) is 4.79 Å². The SMILES string of the molecule is COc1ccccc1C(=O)N1C[C@@]2(C)C[C@H]1CC(C)(C)C2. The number of hydrogen-bond donors (Lipinski definition) is 0. The molecule has 3 rings (SSSR count). The number of benzene rings is 1. The van der Waals surface area contributed by atoms with Gasteiger partial charge in [-0.15, -0.1) is 0 Å². The van der Waals surface area contributed by atoms with Crippen LogP contribution in [0.5, 0.6) is 5.75 Å². The standard InChI is InChI=1S/C18H25NO2/c1-17(2)9-13-10-18(3,11-17)12-19(13)16(20)14-7-5-6-8-15(14)21-4/h5-8,13H,9-12H2,1-4H3/t13-,18+/m1/s1. The van der Waals surface area contributed by atoms with Crippen molar-refractivity contribution in [3.8, 4) is 5.75 Å². The summed E-state index contributed by atoms with van der Waals surface area (Å²) in [7, 11) is 1.62. The van der Waals surface area contributed by atoms with Gasteiger partial charge in [0.2, 0.25) is 0 Å². The smallest absolute Gasteiger partial charge is 0.257 e. The monoisotopic (exact) mass is 287 g/mol. The van der Waals surface area contributed by atoms with Crippen LogP contribution in [0.15, 0.2) is 24.3 Å². The molecule has 3 nitrogen and oxygen atoms in total. The Morgan fingerprint density at radius 2 is 1.95 bits per heavy atom. The summed E-state index contributed by atoms with van der Waals surface area (Å²) in [6, 6.07) is 7.92. The third-order valence-corrected chi connectivity index (χ3v) is 5.01. The summed E-state index contributed by atoms with van der Waals surface area (Å²) >= 11 is 0. The van der Waals surface area contributed by atoms with E-state index in [0.29, 0.717) is 22.8 Å². The molecule has 1 aliphatic heterocycles. The Balaban J connectivity index is 1.90. The second kappa shape index (κ2) is 4.75. The number of nitrogens with zero attached hydrogens (tertiary/aromatic N) is 1.